The van der Waals surface area contributed by atoms with Crippen LogP contribution in [0, 0.1) is 10.1 Å². The van der Waals surface area contributed by atoms with Crippen molar-refractivity contribution < 1.29 is 9.72 Å². The van der Waals surface area contributed by atoms with Gasteiger partial charge in [0, 0.05) is 18.2 Å². The summed E-state index contributed by atoms with van der Waals surface area (Å²) < 4.78 is 0. The van der Waals surface area contributed by atoms with Crippen molar-refractivity contribution in [3.63, 3.8) is 0 Å². The Morgan fingerprint density at radius 2 is 2.24 bits per heavy atom. The van der Waals surface area contributed by atoms with Crippen LogP contribution in [0.1, 0.15) is 29.6 Å². The van der Waals surface area contributed by atoms with E-state index >= 15 is 0 Å². The maximum absolute atomic E-state index is 12.2. The minimum atomic E-state index is -0.604. The van der Waals surface area contributed by atoms with Crippen LogP contribution in [0.15, 0.2) is 12.3 Å². The molecule has 1 aliphatic rings. The molecule has 2 rings (SSSR count). The van der Waals surface area contributed by atoms with E-state index in [4.69, 9.17) is 11.6 Å². The Balaban J connectivity index is 2.10. The number of nitrogens with zero attached hydrogens (tertiary/aromatic N) is 3. The number of hydrogen-bond donors (Lipinski definition) is 1. The topological polar surface area (TPSA) is 88.4 Å². The lowest BCUT2D eigenvalue weighted by atomic mass is 9.75. The van der Waals surface area contributed by atoms with E-state index < -0.39 is 10.8 Å². The summed E-state index contributed by atoms with van der Waals surface area (Å²) in [6.07, 6.45) is 4.20. The van der Waals surface area contributed by atoms with Gasteiger partial charge in [-0.2, -0.15) is 0 Å². The van der Waals surface area contributed by atoms with E-state index in [1.807, 2.05) is 14.1 Å². The van der Waals surface area contributed by atoms with Gasteiger partial charge in [0.25, 0.3) is 11.6 Å². The molecule has 1 saturated carbocycles. The average molecular weight is 313 g/mol. The van der Waals surface area contributed by atoms with E-state index in [9.17, 15) is 14.9 Å². The van der Waals surface area contributed by atoms with Crippen molar-refractivity contribution in [2.75, 3.05) is 20.6 Å². The molecule has 8 heteroatoms. The van der Waals surface area contributed by atoms with Crippen LogP contribution in [-0.4, -0.2) is 46.9 Å². The van der Waals surface area contributed by atoms with Crippen LogP contribution in [0.4, 0.5) is 5.69 Å². The summed E-state index contributed by atoms with van der Waals surface area (Å²) in [5, 5.41) is 13.5. The van der Waals surface area contributed by atoms with Gasteiger partial charge in [-0.15, -0.1) is 0 Å². The Kier molecular flexibility index (Phi) is 4.43. The second kappa shape index (κ2) is 5.95. The quantitative estimate of drug-likeness (QED) is 0.509. The highest BCUT2D eigenvalue weighted by atomic mass is 35.5. The van der Waals surface area contributed by atoms with Gasteiger partial charge in [0.15, 0.2) is 0 Å². The predicted octanol–water partition coefficient (Wildman–Crippen LogP) is 1.86. The molecule has 7 nitrogen and oxygen atoms in total. The van der Waals surface area contributed by atoms with Gasteiger partial charge in [-0.1, -0.05) is 11.6 Å². The number of amides is 1. The van der Waals surface area contributed by atoms with Crippen molar-refractivity contribution in [1.29, 1.82) is 0 Å². The van der Waals surface area contributed by atoms with Crippen molar-refractivity contribution in [2.45, 2.75) is 24.8 Å². The summed E-state index contributed by atoms with van der Waals surface area (Å²) in [5.41, 5.74) is -0.259. The smallest absolute Gasteiger partial charge is 0.288 e. The highest BCUT2D eigenvalue weighted by Gasteiger charge is 2.39. The Labute approximate surface area is 127 Å². The van der Waals surface area contributed by atoms with Crippen LogP contribution >= 0.6 is 11.6 Å². The summed E-state index contributed by atoms with van der Waals surface area (Å²) in [4.78, 5) is 28.1. The third kappa shape index (κ3) is 3.14. The van der Waals surface area contributed by atoms with Gasteiger partial charge in [-0.05, 0) is 33.4 Å². The zero-order valence-corrected chi connectivity index (χ0v) is 12.7. The fourth-order valence-electron chi connectivity index (χ4n) is 2.40. The van der Waals surface area contributed by atoms with Crippen LogP contribution < -0.4 is 5.32 Å². The van der Waals surface area contributed by atoms with Crippen molar-refractivity contribution in [2.24, 2.45) is 0 Å². The minimum Gasteiger partial charge on any atom is -0.350 e. The SMILES string of the molecule is CN(C)C1(CNC(=O)c2cc([N+](=O)[O-])cnc2Cl)CCC1. The lowest BCUT2D eigenvalue weighted by molar-refractivity contribution is -0.385. The third-order valence-electron chi connectivity index (χ3n) is 4.09. The first-order valence-corrected chi connectivity index (χ1v) is 6.99. The molecule has 1 aromatic rings. The molecule has 0 aliphatic heterocycles. The number of carbonyl (C=O) groups excluding carboxylic acids is 1. The molecule has 0 radical (unpaired) electrons. The number of nitro groups is 1. The first-order chi connectivity index (χ1) is 9.85. The number of pyridine rings is 1. The summed E-state index contributed by atoms with van der Waals surface area (Å²) in [6.45, 7) is 0.484. The fraction of sp³-hybridized carbons (Fsp3) is 0.538. The van der Waals surface area contributed by atoms with Gasteiger partial charge in [0.05, 0.1) is 10.5 Å². The Morgan fingerprint density at radius 1 is 1.57 bits per heavy atom. The third-order valence-corrected chi connectivity index (χ3v) is 4.39. The molecule has 0 atom stereocenters. The Bertz CT molecular complexity index is 573. The molecule has 0 aromatic carbocycles. The number of aromatic nitrogens is 1. The van der Waals surface area contributed by atoms with Crippen LogP contribution in [-0.2, 0) is 0 Å². The van der Waals surface area contributed by atoms with Crippen LogP contribution in [0.25, 0.3) is 0 Å². The molecule has 1 amide bonds. The highest BCUT2D eigenvalue weighted by Crippen LogP contribution is 2.35. The van der Waals surface area contributed by atoms with Crippen LogP contribution in [0.3, 0.4) is 0 Å². The predicted molar refractivity (Wildman–Crippen MR) is 78.5 cm³/mol. The molecule has 0 saturated heterocycles. The number of carbonyl (C=O) groups is 1. The van der Waals surface area contributed by atoms with Crippen molar-refractivity contribution >= 4 is 23.2 Å². The zero-order valence-electron chi connectivity index (χ0n) is 11.9. The van der Waals surface area contributed by atoms with Crippen molar-refractivity contribution in [3.05, 3.63) is 33.1 Å². The molecule has 114 valence electrons. The molecule has 21 heavy (non-hydrogen) atoms. The van der Waals surface area contributed by atoms with Gasteiger partial charge < -0.3 is 10.2 Å². The highest BCUT2D eigenvalue weighted by molar-refractivity contribution is 6.32. The summed E-state index contributed by atoms with van der Waals surface area (Å²) >= 11 is 5.85. The molecule has 1 fully saturated rings. The van der Waals surface area contributed by atoms with Gasteiger partial charge in [-0.25, -0.2) is 4.98 Å². The molecular formula is C13H17ClN4O3. The van der Waals surface area contributed by atoms with Crippen molar-refractivity contribution in [3.8, 4) is 0 Å². The summed E-state index contributed by atoms with van der Waals surface area (Å²) in [6, 6.07) is 1.15. The van der Waals surface area contributed by atoms with E-state index in [-0.39, 0.29) is 21.9 Å². The first-order valence-electron chi connectivity index (χ1n) is 6.61. The van der Waals surface area contributed by atoms with Gasteiger partial charge in [0.2, 0.25) is 0 Å². The van der Waals surface area contributed by atoms with Gasteiger partial charge in [0.1, 0.15) is 11.3 Å². The number of likely N-dealkylation sites (N-methyl/N-ethyl adjacent to an activating group) is 1. The maximum Gasteiger partial charge on any atom is 0.288 e. The molecule has 0 unspecified atom stereocenters. The molecular weight excluding hydrogens is 296 g/mol. The fourth-order valence-corrected chi connectivity index (χ4v) is 2.59. The number of hydrogen-bond acceptors (Lipinski definition) is 5. The Morgan fingerprint density at radius 3 is 2.71 bits per heavy atom. The molecule has 0 bridgehead atoms. The van der Waals surface area contributed by atoms with Crippen LogP contribution in [0.2, 0.25) is 5.15 Å². The van der Waals surface area contributed by atoms with E-state index in [0.717, 1.165) is 31.5 Å². The van der Waals surface area contributed by atoms with Crippen LogP contribution in [0.5, 0.6) is 0 Å². The van der Waals surface area contributed by atoms with Gasteiger partial charge >= 0.3 is 0 Å². The second-order valence-electron chi connectivity index (χ2n) is 5.44. The minimum absolute atomic E-state index is 0.0269. The molecule has 1 heterocycles. The molecule has 1 aliphatic carbocycles. The largest absolute Gasteiger partial charge is 0.350 e. The van der Waals surface area contributed by atoms with E-state index in [1.54, 1.807) is 0 Å². The number of nitrogens with one attached hydrogen (secondary N) is 1. The summed E-state index contributed by atoms with van der Waals surface area (Å²) in [7, 11) is 3.96. The van der Waals surface area contributed by atoms with Crippen molar-refractivity contribution in [1.82, 2.24) is 15.2 Å². The zero-order chi connectivity index (χ0) is 15.6. The second-order valence-corrected chi connectivity index (χ2v) is 5.80. The summed E-state index contributed by atoms with van der Waals surface area (Å²) in [5.74, 6) is -0.440. The van der Waals surface area contributed by atoms with E-state index in [0.29, 0.717) is 6.54 Å². The molecule has 0 spiro atoms. The standard InChI is InChI=1S/C13H17ClN4O3/c1-17(2)13(4-3-5-13)8-16-12(19)10-6-9(18(20)21)7-15-11(10)14/h6-7H,3-5,8H2,1-2H3,(H,16,19). The van der Waals surface area contributed by atoms with E-state index in [2.05, 4.69) is 15.2 Å². The normalized spacial score (nSPS) is 16.4. The lowest BCUT2D eigenvalue weighted by Crippen LogP contribution is -2.57. The first kappa shape index (κ1) is 15.7. The number of halogens is 1. The van der Waals surface area contributed by atoms with Gasteiger partial charge in [-0.3, -0.25) is 14.9 Å². The number of rotatable bonds is 5. The maximum atomic E-state index is 12.2. The average Bonchev–Trinajstić information content (AvgIpc) is 2.36. The molecule has 1 N–H and O–H groups in total. The van der Waals surface area contributed by atoms with E-state index in [1.165, 1.54) is 0 Å². The molecule has 1 aromatic heterocycles. The lowest BCUT2D eigenvalue weighted by Gasteiger charge is -2.47. The Hall–Kier alpha value is -1.73. The monoisotopic (exact) mass is 312 g/mol.